The van der Waals surface area contributed by atoms with Crippen LogP contribution in [0.5, 0.6) is 0 Å². The number of nitrogens with two attached hydrogens (primary N) is 1. The lowest BCUT2D eigenvalue weighted by Crippen LogP contribution is -1.95. The Morgan fingerprint density at radius 3 is 3.00 bits per heavy atom. The predicted molar refractivity (Wildman–Crippen MR) is 63.6 cm³/mol. The third kappa shape index (κ3) is 2.12. The maximum Gasteiger partial charge on any atom is 0.269 e. The maximum atomic E-state index is 10.6. The Kier molecular flexibility index (Phi) is 2.93. The van der Waals surface area contributed by atoms with Crippen LogP contribution in [0.3, 0.4) is 0 Å². The third-order valence-corrected chi connectivity index (χ3v) is 2.47. The van der Waals surface area contributed by atoms with Crippen molar-refractivity contribution >= 4 is 11.5 Å². The lowest BCUT2D eigenvalue weighted by Gasteiger charge is -1.99. The van der Waals surface area contributed by atoms with Crippen molar-refractivity contribution in [2.24, 2.45) is 0 Å². The SMILES string of the molecule is N#Cc1c(Cc2cccc([N+](=O)[O-])c2)n[nH]c1N. The first-order valence-electron chi connectivity index (χ1n) is 5.08. The van der Waals surface area contributed by atoms with Crippen molar-refractivity contribution in [1.82, 2.24) is 10.2 Å². The Morgan fingerprint density at radius 2 is 2.33 bits per heavy atom. The molecule has 0 fully saturated rings. The van der Waals surface area contributed by atoms with Crippen LogP contribution in [0.1, 0.15) is 16.8 Å². The van der Waals surface area contributed by atoms with Gasteiger partial charge in [0.05, 0.1) is 10.6 Å². The van der Waals surface area contributed by atoms with Crippen LogP contribution in [0, 0.1) is 21.4 Å². The van der Waals surface area contributed by atoms with E-state index in [1.165, 1.54) is 12.1 Å². The normalized spacial score (nSPS) is 9.94. The largest absolute Gasteiger partial charge is 0.383 e. The second-order valence-electron chi connectivity index (χ2n) is 3.67. The van der Waals surface area contributed by atoms with Crippen LogP contribution in [0.15, 0.2) is 24.3 Å². The smallest absolute Gasteiger partial charge is 0.269 e. The lowest BCUT2D eigenvalue weighted by atomic mass is 10.1. The molecular formula is C11H9N5O2. The number of aromatic amines is 1. The Morgan fingerprint density at radius 1 is 1.56 bits per heavy atom. The van der Waals surface area contributed by atoms with Gasteiger partial charge in [0, 0.05) is 18.6 Å². The summed E-state index contributed by atoms with van der Waals surface area (Å²) in [6.45, 7) is 0. The molecule has 0 aliphatic rings. The highest BCUT2D eigenvalue weighted by molar-refractivity contribution is 5.52. The minimum atomic E-state index is -0.465. The van der Waals surface area contributed by atoms with Crippen LogP contribution in [0.4, 0.5) is 11.5 Å². The van der Waals surface area contributed by atoms with Gasteiger partial charge < -0.3 is 5.73 Å². The molecule has 0 amide bonds. The van der Waals surface area contributed by atoms with Crippen molar-refractivity contribution in [2.45, 2.75) is 6.42 Å². The molecule has 2 rings (SSSR count). The van der Waals surface area contributed by atoms with Crippen LogP contribution >= 0.6 is 0 Å². The van der Waals surface area contributed by atoms with Gasteiger partial charge in [0.2, 0.25) is 0 Å². The first-order valence-corrected chi connectivity index (χ1v) is 5.08. The first-order chi connectivity index (χ1) is 8.61. The second-order valence-corrected chi connectivity index (χ2v) is 3.67. The van der Waals surface area contributed by atoms with Gasteiger partial charge in [-0.25, -0.2) is 0 Å². The van der Waals surface area contributed by atoms with Crippen molar-refractivity contribution in [2.75, 3.05) is 5.73 Å². The number of nitrogens with one attached hydrogen (secondary N) is 1. The summed E-state index contributed by atoms with van der Waals surface area (Å²) in [5.74, 6) is 0.206. The number of benzene rings is 1. The number of aromatic nitrogens is 2. The van der Waals surface area contributed by atoms with Gasteiger partial charge in [-0.2, -0.15) is 10.4 Å². The molecule has 0 aliphatic heterocycles. The topological polar surface area (TPSA) is 122 Å². The number of nitro benzene ring substituents is 1. The number of hydrogen-bond acceptors (Lipinski definition) is 5. The van der Waals surface area contributed by atoms with Gasteiger partial charge in [-0.1, -0.05) is 12.1 Å². The summed E-state index contributed by atoms with van der Waals surface area (Å²) in [6, 6.07) is 8.14. The molecule has 1 aromatic carbocycles. The highest BCUT2D eigenvalue weighted by Gasteiger charge is 2.12. The van der Waals surface area contributed by atoms with Crippen molar-refractivity contribution in [3.8, 4) is 6.07 Å². The predicted octanol–water partition coefficient (Wildman–Crippen LogP) is 1.36. The van der Waals surface area contributed by atoms with E-state index in [1.54, 1.807) is 12.1 Å². The molecule has 0 saturated heterocycles. The highest BCUT2D eigenvalue weighted by atomic mass is 16.6. The van der Waals surface area contributed by atoms with E-state index >= 15 is 0 Å². The summed E-state index contributed by atoms with van der Waals surface area (Å²) < 4.78 is 0. The summed E-state index contributed by atoms with van der Waals surface area (Å²) in [5.41, 5.74) is 7.01. The molecule has 18 heavy (non-hydrogen) atoms. The zero-order chi connectivity index (χ0) is 13.1. The molecule has 0 unspecified atom stereocenters. The van der Waals surface area contributed by atoms with Crippen molar-refractivity contribution in [3.05, 3.63) is 51.2 Å². The van der Waals surface area contributed by atoms with E-state index in [0.29, 0.717) is 17.7 Å². The van der Waals surface area contributed by atoms with Gasteiger partial charge in [-0.3, -0.25) is 15.2 Å². The molecule has 0 spiro atoms. The van der Waals surface area contributed by atoms with Crippen LogP contribution in [-0.2, 0) is 6.42 Å². The average molecular weight is 243 g/mol. The fraction of sp³-hybridized carbons (Fsp3) is 0.0909. The number of nitrogen functional groups attached to an aromatic ring is 1. The number of nitriles is 1. The molecule has 2 aromatic rings. The van der Waals surface area contributed by atoms with Gasteiger partial charge in [0.15, 0.2) is 0 Å². The standard InChI is InChI=1S/C11H9N5O2/c12-6-9-10(14-15-11(9)13)5-7-2-1-3-8(4-7)16(17)18/h1-4H,5H2,(H3,13,14,15). The fourth-order valence-electron chi connectivity index (χ4n) is 1.62. The molecular weight excluding hydrogens is 234 g/mol. The number of nitro groups is 1. The van der Waals surface area contributed by atoms with Gasteiger partial charge >= 0.3 is 0 Å². The van der Waals surface area contributed by atoms with E-state index < -0.39 is 4.92 Å². The van der Waals surface area contributed by atoms with Gasteiger partial charge in [0.25, 0.3) is 5.69 Å². The van der Waals surface area contributed by atoms with Crippen molar-refractivity contribution in [1.29, 1.82) is 5.26 Å². The van der Waals surface area contributed by atoms with Crippen LogP contribution < -0.4 is 5.73 Å². The maximum absolute atomic E-state index is 10.6. The minimum Gasteiger partial charge on any atom is -0.383 e. The van der Waals surface area contributed by atoms with E-state index in [-0.39, 0.29) is 17.1 Å². The van der Waals surface area contributed by atoms with Crippen LogP contribution in [-0.4, -0.2) is 15.1 Å². The lowest BCUT2D eigenvalue weighted by molar-refractivity contribution is -0.384. The average Bonchev–Trinajstić information content (AvgIpc) is 2.70. The second kappa shape index (κ2) is 4.55. The summed E-state index contributed by atoms with van der Waals surface area (Å²) >= 11 is 0. The zero-order valence-corrected chi connectivity index (χ0v) is 9.25. The molecule has 0 saturated carbocycles. The Balaban J connectivity index is 2.32. The molecule has 7 nitrogen and oxygen atoms in total. The number of non-ortho nitro benzene ring substituents is 1. The summed E-state index contributed by atoms with van der Waals surface area (Å²) in [5, 5.41) is 26.0. The number of rotatable bonds is 3. The van der Waals surface area contributed by atoms with E-state index in [9.17, 15) is 10.1 Å². The van der Waals surface area contributed by atoms with Gasteiger partial charge in [-0.15, -0.1) is 0 Å². The fourth-order valence-corrected chi connectivity index (χ4v) is 1.62. The van der Waals surface area contributed by atoms with E-state index in [4.69, 9.17) is 11.0 Å². The quantitative estimate of drug-likeness (QED) is 0.622. The number of H-pyrrole nitrogens is 1. The molecule has 7 heteroatoms. The Labute approximate surface area is 102 Å². The number of anilines is 1. The summed E-state index contributed by atoms with van der Waals surface area (Å²) in [7, 11) is 0. The molecule has 0 bridgehead atoms. The summed E-state index contributed by atoms with van der Waals surface area (Å²) in [6.07, 6.45) is 0.318. The van der Waals surface area contributed by atoms with E-state index in [1.807, 2.05) is 6.07 Å². The van der Waals surface area contributed by atoms with Gasteiger partial charge in [-0.05, 0) is 5.56 Å². The van der Waals surface area contributed by atoms with Crippen LogP contribution in [0.2, 0.25) is 0 Å². The molecule has 0 aliphatic carbocycles. The van der Waals surface area contributed by atoms with Crippen LogP contribution in [0.25, 0.3) is 0 Å². The first kappa shape index (κ1) is 11.6. The minimum absolute atomic E-state index is 0.00881. The Hall–Kier alpha value is -2.88. The monoisotopic (exact) mass is 243 g/mol. The Bertz CT molecular complexity index is 641. The van der Waals surface area contributed by atoms with E-state index in [0.717, 1.165) is 0 Å². The van der Waals surface area contributed by atoms with Crippen molar-refractivity contribution in [3.63, 3.8) is 0 Å². The van der Waals surface area contributed by atoms with Gasteiger partial charge in [0.1, 0.15) is 17.5 Å². The summed E-state index contributed by atoms with van der Waals surface area (Å²) in [4.78, 5) is 10.2. The number of hydrogen-bond donors (Lipinski definition) is 2. The molecule has 90 valence electrons. The highest BCUT2D eigenvalue weighted by Crippen LogP contribution is 2.19. The van der Waals surface area contributed by atoms with E-state index in [2.05, 4.69) is 10.2 Å². The molecule has 0 radical (unpaired) electrons. The molecule has 3 N–H and O–H groups in total. The molecule has 1 heterocycles. The molecule has 1 aromatic heterocycles. The zero-order valence-electron chi connectivity index (χ0n) is 9.25. The molecule has 0 atom stereocenters. The van der Waals surface area contributed by atoms with Crippen molar-refractivity contribution < 1.29 is 4.92 Å². The third-order valence-electron chi connectivity index (χ3n) is 2.47. The number of nitrogens with zero attached hydrogens (tertiary/aromatic N) is 3.